The van der Waals surface area contributed by atoms with Crippen LogP contribution in [-0.2, 0) is 0 Å². The Hall–Kier alpha value is -1.49. The highest BCUT2D eigenvalue weighted by atomic mass is 32.1. The van der Waals surface area contributed by atoms with Crippen LogP contribution in [0.4, 0.5) is 0 Å². The highest BCUT2D eigenvalue weighted by molar-refractivity contribution is 7.80. The third-order valence-corrected chi connectivity index (χ3v) is 2.27. The fourth-order valence-electron chi connectivity index (χ4n) is 1.03. The zero-order valence-electron chi connectivity index (χ0n) is 8.65. The van der Waals surface area contributed by atoms with Crippen LogP contribution in [0.15, 0.2) is 18.5 Å². The Morgan fingerprint density at radius 2 is 2.27 bits per heavy atom. The van der Waals surface area contributed by atoms with Crippen LogP contribution in [0.25, 0.3) is 0 Å². The lowest BCUT2D eigenvalue weighted by Gasteiger charge is -2.11. The van der Waals surface area contributed by atoms with Gasteiger partial charge >= 0.3 is 0 Å². The number of carbonyl (C=O) groups is 1. The van der Waals surface area contributed by atoms with Gasteiger partial charge in [-0.25, -0.2) is 0 Å². The van der Waals surface area contributed by atoms with E-state index in [4.69, 9.17) is 18.0 Å². The van der Waals surface area contributed by atoms with E-state index in [1.807, 2.05) is 6.92 Å². The van der Waals surface area contributed by atoms with Crippen LogP contribution in [0.1, 0.15) is 22.8 Å². The topological polar surface area (TPSA) is 68.0 Å². The van der Waals surface area contributed by atoms with Crippen LogP contribution >= 0.6 is 12.2 Å². The van der Waals surface area contributed by atoms with Gasteiger partial charge in [-0.05, 0) is 25.5 Å². The monoisotopic (exact) mass is 223 g/mol. The van der Waals surface area contributed by atoms with Gasteiger partial charge in [-0.3, -0.25) is 9.78 Å². The predicted octanol–water partition coefficient (Wildman–Crippen LogP) is 0.794. The Balaban J connectivity index is 2.73. The zero-order chi connectivity index (χ0) is 11.4. The lowest BCUT2D eigenvalue weighted by Crippen LogP contribution is -2.41. The number of pyridine rings is 1. The molecule has 1 amide bonds. The van der Waals surface area contributed by atoms with Crippen LogP contribution < -0.4 is 11.1 Å². The normalized spacial score (nSPS) is 11.9. The van der Waals surface area contributed by atoms with Gasteiger partial charge in [-0.15, -0.1) is 0 Å². The third-order valence-electron chi connectivity index (χ3n) is 1.91. The first-order chi connectivity index (χ1) is 7.00. The first-order valence-corrected chi connectivity index (χ1v) is 4.93. The zero-order valence-corrected chi connectivity index (χ0v) is 9.47. The molecule has 15 heavy (non-hydrogen) atoms. The summed E-state index contributed by atoms with van der Waals surface area (Å²) in [7, 11) is 0. The highest BCUT2D eigenvalue weighted by Crippen LogP contribution is 2.01. The molecular formula is C10H13N3OS. The Morgan fingerprint density at radius 3 is 2.80 bits per heavy atom. The molecule has 0 aromatic carbocycles. The largest absolute Gasteiger partial charge is 0.392 e. The number of hydrogen-bond donors (Lipinski definition) is 2. The molecule has 0 fully saturated rings. The second-order valence-electron chi connectivity index (χ2n) is 3.35. The van der Waals surface area contributed by atoms with E-state index in [1.165, 1.54) is 6.20 Å². The molecule has 5 heteroatoms. The summed E-state index contributed by atoms with van der Waals surface area (Å²) in [6, 6.07) is 1.45. The van der Waals surface area contributed by atoms with E-state index in [0.29, 0.717) is 5.56 Å². The molecule has 0 saturated heterocycles. The minimum absolute atomic E-state index is 0.216. The molecule has 1 atom stereocenters. The molecule has 0 spiro atoms. The van der Waals surface area contributed by atoms with E-state index in [1.54, 1.807) is 19.2 Å². The average molecular weight is 223 g/mol. The maximum absolute atomic E-state index is 11.6. The van der Waals surface area contributed by atoms with Gasteiger partial charge in [-0.1, -0.05) is 12.2 Å². The summed E-state index contributed by atoms with van der Waals surface area (Å²) in [6.07, 6.45) is 3.20. The maximum atomic E-state index is 11.6. The third kappa shape index (κ3) is 3.28. The second kappa shape index (κ2) is 4.84. The number of hydrogen-bond acceptors (Lipinski definition) is 3. The molecule has 0 aliphatic heterocycles. The molecule has 1 rings (SSSR count). The van der Waals surface area contributed by atoms with E-state index >= 15 is 0 Å². The second-order valence-corrected chi connectivity index (χ2v) is 3.82. The van der Waals surface area contributed by atoms with Crippen LogP contribution in [0.5, 0.6) is 0 Å². The SMILES string of the molecule is Cc1cncc(C(=O)NC(C)C(N)=S)c1. The fourth-order valence-corrected chi connectivity index (χ4v) is 1.09. The Labute approximate surface area is 93.9 Å². The van der Waals surface area contributed by atoms with Gasteiger partial charge in [0.25, 0.3) is 5.91 Å². The molecule has 80 valence electrons. The summed E-state index contributed by atoms with van der Waals surface area (Å²) in [4.78, 5) is 15.8. The summed E-state index contributed by atoms with van der Waals surface area (Å²) < 4.78 is 0. The summed E-state index contributed by atoms with van der Waals surface area (Å²) >= 11 is 4.76. The van der Waals surface area contributed by atoms with Crippen molar-refractivity contribution in [1.29, 1.82) is 0 Å². The quantitative estimate of drug-likeness (QED) is 0.744. The van der Waals surface area contributed by atoms with Crippen molar-refractivity contribution in [3.8, 4) is 0 Å². The molecule has 0 aliphatic carbocycles. The molecule has 1 unspecified atom stereocenters. The summed E-state index contributed by atoms with van der Waals surface area (Å²) in [5, 5.41) is 2.68. The smallest absolute Gasteiger partial charge is 0.253 e. The number of nitrogens with one attached hydrogen (secondary N) is 1. The van der Waals surface area contributed by atoms with Crippen LogP contribution in [-0.4, -0.2) is 21.9 Å². The standard InChI is InChI=1S/C10H13N3OS/c1-6-3-8(5-12-4-6)10(14)13-7(2)9(11)15/h3-5,7H,1-2H3,(H2,11,15)(H,13,14). The van der Waals surface area contributed by atoms with Gasteiger partial charge in [0.1, 0.15) is 0 Å². The van der Waals surface area contributed by atoms with Crippen molar-refractivity contribution in [2.45, 2.75) is 19.9 Å². The Morgan fingerprint density at radius 1 is 1.60 bits per heavy atom. The molecule has 0 aliphatic rings. The minimum Gasteiger partial charge on any atom is -0.392 e. The number of aryl methyl sites for hydroxylation is 1. The Bertz CT molecular complexity index is 392. The van der Waals surface area contributed by atoms with E-state index in [-0.39, 0.29) is 16.9 Å². The predicted molar refractivity (Wildman–Crippen MR) is 62.7 cm³/mol. The molecule has 1 heterocycles. The number of rotatable bonds is 3. The number of nitrogens with zero attached hydrogens (tertiary/aromatic N) is 1. The van der Waals surface area contributed by atoms with Crippen LogP contribution in [0.3, 0.4) is 0 Å². The molecule has 1 aromatic heterocycles. The lowest BCUT2D eigenvalue weighted by molar-refractivity contribution is 0.0949. The van der Waals surface area contributed by atoms with Gasteiger partial charge < -0.3 is 11.1 Å². The van der Waals surface area contributed by atoms with Crippen LogP contribution in [0, 0.1) is 6.92 Å². The Kier molecular flexibility index (Phi) is 3.74. The number of carbonyl (C=O) groups excluding carboxylic acids is 1. The van der Waals surface area contributed by atoms with E-state index in [9.17, 15) is 4.79 Å². The molecule has 3 N–H and O–H groups in total. The van der Waals surface area contributed by atoms with E-state index in [2.05, 4.69) is 10.3 Å². The molecule has 1 aromatic rings. The van der Waals surface area contributed by atoms with Gasteiger partial charge in [-0.2, -0.15) is 0 Å². The maximum Gasteiger partial charge on any atom is 0.253 e. The first-order valence-electron chi connectivity index (χ1n) is 4.52. The number of aromatic nitrogens is 1. The molecule has 0 saturated carbocycles. The van der Waals surface area contributed by atoms with Crippen molar-refractivity contribution >= 4 is 23.1 Å². The minimum atomic E-state index is -0.312. The van der Waals surface area contributed by atoms with Gasteiger partial charge in [0.15, 0.2) is 0 Å². The van der Waals surface area contributed by atoms with Crippen molar-refractivity contribution < 1.29 is 4.79 Å². The fraction of sp³-hybridized carbons (Fsp3) is 0.300. The number of amides is 1. The van der Waals surface area contributed by atoms with Crippen molar-refractivity contribution in [1.82, 2.24) is 10.3 Å². The lowest BCUT2D eigenvalue weighted by atomic mass is 10.2. The van der Waals surface area contributed by atoms with Crippen molar-refractivity contribution in [3.63, 3.8) is 0 Å². The van der Waals surface area contributed by atoms with Gasteiger partial charge in [0, 0.05) is 12.4 Å². The van der Waals surface area contributed by atoms with Gasteiger partial charge in [0.2, 0.25) is 0 Å². The molecular weight excluding hydrogens is 210 g/mol. The number of nitrogens with two attached hydrogens (primary N) is 1. The molecule has 4 nitrogen and oxygen atoms in total. The molecule has 0 radical (unpaired) electrons. The van der Waals surface area contributed by atoms with Gasteiger partial charge in [0.05, 0.1) is 16.6 Å². The summed E-state index contributed by atoms with van der Waals surface area (Å²) in [5.74, 6) is -0.216. The van der Waals surface area contributed by atoms with Crippen molar-refractivity contribution in [2.24, 2.45) is 5.73 Å². The molecule has 0 bridgehead atoms. The van der Waals surface area contributed by atoms with E-state index < -0.39 is 0 Å². The van der Waals surface area contributed by atoms with Crippen LogP contribution in [0.2, 0.25) is 0 Å². The summed E-state index contributed by atoms with van der Waals surface area (Å²) in [6.45, 7) is 3.62. The number of thiocarbonyl (C=S) groups is 1. The summed E-state index contributed by atoms with van der Waals surface area (Å²) in [5.41, 5.74) is 6.84. The highest BCUT2D eigenvalue weighted by Gasteiger charge is 2.11. The first kappa shape index (κ1) is 11.6. The van der Waals surface area contributed by atoms with Crippen molar-refractivity contribution in [3.05, 3.63) is 29.6 Å². The van der Waals surface area contributed by atoms with E-state index in [0.717, 1.165) is 5.56 Å². The van der Waals surface area contributed by atoms with Crippen molar-refractivity contribution in [2.75, 3.05) is 0 Å². The average Bonchev–Trinajstić information content (AvgIpc) is 2.17.